The summed E-state index contributed by atoms with van der Waals surface area (Å²) in [7, 11) is 0. The summed E-state index contributed by atoms with van der Waals surface area (Å²) in [5, 5.41) is 3.04. The van der Waals surface area contributed by atoms with Gasteiger partial charge in [0.1, 0.15) is 0 Å². The topological polar surface area (TPSA) is 55.1 Å². The highest BCUT2D eigenvalue weighted by atomic mass is 16.1. The van der Waals surface area contributed by atoms with Crippen molar-refractivity contribution in [1.82, 2.24) is 5.32 Å². The van der Waals surface area contributed by atoms with Gasteiger partial charge >= 0.3 is 0 Å². The smallest absolute Gasteiger partial charge is 0.223 e. The molecule has 3 atom stereocenters. The largest absolute Gasteiger partial charge is 0.356 e. The quantitative estimate of drug-likeness (QED) is 0.769. The number of carbonyl (C=O) groups is 1. The molecule has 16 heavy (non-hydrogen) atoms. The molecule has 3 N–H and O–H groups in total. The second-order valence-electron chi connectivity index (χ2n) is 5.49. The van der Waals surface area contributed by atoms with Gasteiger partial charge in [-0.15, -0.1) is 0 Å². The Hall–Kier alpha value is -0.570. The standard InChI is InChI=1S/C13H26N2O/c1-9(2)10(3)13(16)15-8-11-6-4-5-7-12(11)14/h9-12H,4-8,14H2,1-3H3,(H,15,16). The van der Waals surface area contributed by atoms with Gasteiger partial charge in [-0.2, -0.15) is 0 Å². The SMILES string of the molecule is CC(C)C(C)C(=O)NCC1CCCCC1N. The number of carbonyl (C=O) groups excluding carboxylic acids is 1. The van der Waals surface area contributed by atoms with E-state index in [0.717, 1.165) is 19.4 Å². The van der Waals surface area contributed by atoms with Gasteiger partial charge in [0.05, 0.1) is 0 Å². The molecule has 1 saturated carbocycles. The summed E-state index contributed by atoms with van der Waals surface area (Å²) in [5.74, 6) is 1.16. The van der Waals surface area contributed by atoms with Crippen molar-refractivity contribution in [2.45, 2.75) is 52.5 Å². The number of hydrogen-bond acceptors (Lipinski definition) is 2. The van der Waals surface area contributed by atoms with Gasteiger partial charge in [0.15, 0.2) is 0 Å². The molecule has 3 heteroatoms. The number of nitrogens with two attached hydrogens (primary N) is 1. The molecular weight excluding hydrogens is 200 g/mol. The van der Waals surface area contributed by atoms with E-state index in [2.05, 4.69) is 19.2 Å². The Labute approximate surface area is 99.2 Å². The van der Waals surface area contributed by atoms with E-state index >= 15 is 0 Å². The minimum Gasteiger partial charge on any atom is -0.356 e. The Bertz CT molecular complexity index is 228. The van der Waals surface area contributed by atoms with Gasteiger partial charge in [-0.05, 0) is 24.7 Å². The van der Waals surface area contributed by atoms with Crippen LogP contribution in [0.2, 0.25) is 0 Å². The summed E-state index contributed by atoms with van der Waals surface area (Å²) in [5.41, 5.74) is 6.05. The van der Waals surface area contributed by atoms with Gasteiger partial charge in [0.2, 0.25) is 5.91 Å². The third-order valence-electron chi connectivity index (χ3n) is 3.92. The van der Waals surface area contributed by atoms with E-state index in [-0.39, 0.29) is 17.9 Å². The van der Waals surface area contributed by atoms with Crippen molar-refractivity contribution in [3.8, 4) is 0 Å². The summed E-state index contributed by atoms with van der Waals surface area (Å²) >= 11 is 0. The maximum atomic E-state index is 11.8. The second kappa shape index (κ2) is 6.24. The van der Waals surface area contributed by atoms with Crippen LogP contribution in [0.15, 0.2) is 0 Å². The van der Waals surface area contributed by atoms with Crippen molar-refractivity contribution in [2.75, 3.05) is 6.54 Å². The van der Waals surface area contributed by atoms with E-state index in [4.69, 9.17) is 5.73 Å². The first kappa shape index (κ1) is 13.5. The lowest BCUT2D eigenvalue weighted by Crippen LogP contribution is -2.42. The number of amides is 1. The van der Waals surface area contributed by atoms with Crippen LogP contribution in [0.3, 0.4) is 0 Å². The molecule has 0 aromatic carbocycles. The van der Waals surface area contributed by atoms with Crippen LogP contribution in [0, 0.1) is 17.8 Å². The molecule has 0 bridgehead atoms. The van der Waals surface area contributed by atoms with Gasteiger partial charge in [0, 0.05) is 18.5 Å². The Morgan fingerprint density at radius 1 is 1.31 bits per heavy atom. The molecule has 0 aromatic heterocycles. The number of nitrogens with one attached hydrogen (secondary N) is 1. The molecule has 94 valence electrons. The molecule has 3 nitrogen and oxygen atoms in total. The fourth-order valence-corrected chi connectivity index (χ4v) is 2.19. The van der Waals surface area contributed by atoms with Crippen LogP contribution in [0.25, 0.3) is 0 Å². The molecule has 1 aliphatic carbocycles. The number of rotatable bonds is 4. The number of hydrogen-bond donors (Lipinski definition) is 2. The first-order chi connectivity index (χ1) is 7.52. The lowest BCUT2D eigenvalue weighted by Gasteiger charge is -2.29. The van der Waals surface area contributed by atoms with E-state index < -0.39 is 0 Å². The Balaban J connectivity index is 2.30. The van der Waals surface area contributed by atoms with Gasteiger partial charge in [-0.1, -0.05) is 33.6 Å². The Morgan fingerprint density at radius 3 is 2.50 bits per heavy atom. The highest BCUT2D eigenvalue weighted by Crippen LogP contribution is 2.22. The van der Waals surface area contributed by atoms with E-state index in [1.165, 1.54) is 12.8 Å². The molecule has 0 heterocycles. The molecular formula is C13H26N2O. The molecule has 1 rings (SSSR count). The molecule has 1 fully saturated rings. The van der Waals surface area contributed by atoms with Crippen molar-refractivity contribution >= 4 is 5.91 Å². The van der Waals surface area contributed by atoms with Crippen LogP contribution >= 0.6 is 0 Å². The van der Waals surface area contributed by atoms with Gasteiger partial charge in [-0.25, -0.2) is 0 Å². The lowest BCUT2D eigenvalue weighted by atomic mass is 9.85. The lowest BCUT2D eigenvalue weighted by molar-refractivity contribution is -0.125. The molecule has 0 spiro atoms. The molecule has 0 radical (unpaired) electrons. The van der Waals surface area contributed by atoms with Crippen LogP contribution in [0.1, 0.15) is 46.5 Å². The predicted molar refractivity (Wildman–Crippen MR) is 66.9 cm³/mol. The summed E-state index contributed by atoms with van der Waals surface area (Å²) in [6.07, 6.45) is 4.78. The molecule has 0 aromatic rings. The fraction of sp³-hybridized carbons (Fsp3) is 0.923. The normalized spacial score (nSPS) is 27.8. The average molecular weight is 226 g/mol. The third-order valence-corrected chi connectivity index (χ3v) is 3.92. The first-order valence-electron chi connectivity index (χ1n) is 6.55. The van der Waals surface area contributed by atoms with E-state index in [1.807, 2.05) is 6.92 Å². The van der Waals surface area contributed by atoms with Crippen molar-refractivity contribution < 1.29 is 4.79 Å². The second-order valence-corrected chi connectivity index (χ2v) is 5.49. The minimum atomic E-state index is 0.0971. The van der Waals surface area contributed by atoms with Gasteiger partial charge < -0.3 is 11.1 Å². The van der Waals surface area contributed by atoms with Crippen molar-refractivity contribution in [3.05, 3.63) is 0 Å². The van der Waals surface area contributed by atoms with E-state index in [9.17, 15) is 4.79 Å². The predicted octanol–water partition coefficient (Wildman–Crippen LogP) is 1.91. The van der Waals surface area contributed by atoms with Crippen molar-refractivity contribution in [3.63, 3.8) is 0 Å². The summed E-state index contributed by atoms with van der Waals surface area (Å²) < 4.78 is 0. The summed E-state index contributed by atoms with van der Waals surface area (Å²) in [4.78, 5) is 11.8. The maximum Gasteiger partial charge on any atom is 0.223 e. The molecule has 0 aliphatic heterocycles. The zero-order valence-electron chi connectivity index (χ0n) is 10.8. The minimum absolute atomic E-state index is 0.0971. The molecule has 1 aliphatic rings. The van der Waals surface area contributed by atoms with Crippen LogP contribution < -0.4 is 11.1 Å². The van der Waals surface area contributed by atoms with Gasteiger partial charge in [0.25, 0.3) is 0 Å². The zero-order valence-corrected chi connectivity index (χ0v) is 10.8. The van der Waals surface area contributed by atoms with Crippen LogP contribution in [-0.4, -0.2) is 18.5 Å². The highest BCUT2D eigenvalue weighted by Gasteiger charge is 2.23. The zero-order chi connectivity index (χ0) is 12.1. The van der Waals surface area contributed by atoms with E-state index in [1.54, 1.807) is 0 Å². The van der Waals surface area contributed by atoms with Crippen molar-refractivity contribution in [1.29, 1.82) is 0 Å². The Kier molecular flexibility index (Phi) is 5.26. The molecule has 0 saturated heterocycles. The van der Waals surface area contributed by atoms with E-state index in [0.29, 0.717) is 11.8 Å². The third kappa shape index (κ3) is 3.78. The first-order valence-corrected chi connectivity index (χ1v) is 6.55. The van der Waals surface area contributed by atoms with Crippen LogP contribution in [0.4, 0.5) is 0 Å². The molecule has 3 unspecified atom stereocenters. The Morgan fingerprint density at radius 2 is 1.94 bits per heavy atom. The fourth-order valence-electron chi connectivity index (χ4n) is 2.19. The molecule has 1 amide bonds. The maximum absolute atomic E-state index is 11.8. The summed E-state index contributed by atoms with van der Waals surface area (Å²) in [6, 6.07) is 0.281. The monoisotopic (exact) mass is 226 g/mol. The average Bonchev–Trinajstić information content (AvgIpc) is 2.26. The summed E-state index contributed by atoms with van der Waals surface area (Å²) in [6.45, 7) is 6.91. The highest BCUT2D eigenvalue weighted by molar-refractivity contribution is 5.78. The van der Waals surface area contributed by atoms with Crippen molar-refractivity contribution in [2.24, 2.45) is 23.5 Å². The van der Waals surface area contributed by atoms with Crippen LogP contribution in [-0.2, 0) is 4.79 Å². The van der Waals surface area contributed by atoms with Crippen LogP contribution in [0.5, 0.6) is 0 Å². The van der Waals surface area contributed by atoms with Gasteiger partial charge in [-0.3, -0.25) is 4.79 Å².